The molecular formula is C10H12F3NO3S. The number of likely N-dealkylation sites (N-methyl/N-ethyl adjacent to an activating group) is 1. The zero-order valence-electron chi connectivity index (χ0n) is 9.53. The normalized spacial score (nSPS) is 12.1. The zero-order valence-corrected chi connectivity index (χ0v) is 10.3. The Labute approximate surface area is 103 Å². The molecule has 0 atom stereocenters. The number of hydrogen-bond donors (Lipinski definition) is 1. The van der Waals surface area contributed by atoms with Gasteiger partial charge in [-0.05, 0) is 6.07 Å². The van der Waals surface area contributed by atoms with Gasteiger partial charge in [0.1, 0.15) is 10.7 Å². The van der Waals surface area contributed by atoms with Crippen molar-refractivity contribution in [3.05, 3.63) is 29.6 Å². The van der Waals surface area contributed by atoms with Crippen LogP contribution in [-0.4, -0.2) is 37.5 Å². The quantitative estimate of drug-likeness (QED) is 0.823. The van der Waals surface area contributed by atoms with E-state index in [0.29, 0.717) is 6.07 Å². The van der Waals surface area contributed by atoms with E-state index < -0.39 is 39.0 Å². The molecule has 0 aliphatic carbocycles. The van der Waals surface area contributed by atoms with Crippen molar-refractivity contribution in [2.75, 3.05) is 19.7 Å². The molecule has 0 amide bonds. The summed E-state index contributed by atoms with van der Waals surface area (Å²) in [5.41, 5.74) is 0. The minimum Gasteiger partial charge on any atom is -0.395 e. The summed E-state index contributed by atoms with van der Waals surface area (Å²) < 4.78 is 63.7. The lowest BCUT2D eigenvalue weighted by molar-refractivity contribution is 0.256. The summed E-state index contributed by atoms with van der Waals surface area (Å²) in [6, 6.07) is 0.467. The van der Waals surface area contributed by atoms with Crippen molar-refractivity contribution >= 4 is 10.0 Å². The fraction of sp³-hybridized carbons (Fsp3) is 0.400. The van der Waals surface area contributed by atoms with Crippen LogP contribution in [0.15, 0.2) is 17.0 Å². The lowest BCUT2D eigenvalue weighted by Crippen LogP contribution is -2.34. The number of benzene rings is 1. The monoisotopic (exact) mass is 283 g/mol. The third-order valence-corrected chi connectivity index (χ3v) is 4.28. The Morgan fingerprint density at radius 2 is 1.72 bits per heavy atom. The van der Waals surface area contributed by atoms with E-state index in [1.165, 1.54) is 6.92 Å². The number of rotatable bonds is 5. The van der Waals surface area contributed by atoms with Gasteiger partial charge >= 0.3 is 0 Å². The molecular weight excluding hydrogens is 271 g/mol. The Hall–Kier alpha value is -1.12. The number of aliphatic hydroxyl groups excluding tert-OH is 1. The number of sulfonamides is 1. The summed E-state index contributed by atoms with van der Waals surface area (Å²) in [7, 11) is -4.29. The molecule has 1 aromatic carbocycles. The lowest BCUT2D eigenvalue weighted by Gasteiger charge is -2.19. The van der Waals surface area contributed by atoms with Gasteiger partial charge in [0.25, 0.3) is 0 Å². The first-order valence-electron chi connectivity index (χ1n) is 5.10. The molecule has 0 fully saturated rings. The smallest absolute Gasteiger partial charge is 0.246 e. The van der Waals surface area contributed by atoms with Gasteiger partial charge in [-0.2, -0.15) is 4.31 Å². The van der Waals surface area contributed by atoms with Crippen LogP contribution in [0.25, 0.3) is 0 Å². The predicted molar refractivity (Wildman–Crippen MR) is 57.8 cm³/mol. The summed E-state index contributed by atoms with van der Waals surface area (Å²) in [6.45, 7) is 0.738. The maximum atomic E-state index is 13.4. The number of aliphatic hydroxyl groups is 1. The largest absolute Gasteiger partial charge is 0.395 e. The summed E-state index contributed by atoms with van der Waals surface area (Å²) in [4.78, 5) is -0.948. The second kappa shape index (κ2) is 5.68. The third-order valence-electron chi connectivity index (χ3n) is 2.29. The van der Waals surface area contributed by atoms with Gasteiger partial charge in [0.05, 0.1) is 6.61 Å². The van der Waals surface area contributed by atoms with Crippen LogP contribution in [-0.2, 0) is 10.0 Å². The Bertz CT molecular complexity index is 533. The summed E-state index contributed by atoms with van der Waals surface area (Å²) in [6.07, 6.45) is 0. The molecule has 0 saturated carbocycles. The standard InChI is InChI=1S/C10H12F3NO3S/c1-2-14(3-4-15)18(16,17)10-6-8(12)7(11)5-9(10)13/h5-6,15H,2-4H2,1H3. The average molecular weight is 283 g/mol. The van der Waals surface area contributed by atoms with Crippen molar-refractivity contribution < 1.29 is 26.7 Å². The minimum atomic E-state index is -4.29. The Morgan fingerprint density at radius 1 is 1.17 bits per heavy atom. The molecule has 0 radical (unpaired) electrons. The molecule has 1 N–H and O–H groups in total. The lowest BCUT2D eigenvalue weighted by atomic mass is 10.3. The zero-order chi connectivity index (χ0) is 13.9. The van der Waals surface area contributed by atoms with Gasteiger partial charge in [-0.1, -0.05) is 6.92 Å². The van der Waals surface area contributed by atoms with E-state index in [4.69, 9.17) is 5.11 Å². The number of hydrogen-bond acceptors (Lipinski definition) is 3. The molecule has 1 aromatic rings. The number of halogens is 3. The Balaban J connectivity index is 3.32. The maximum Gasteiger partial charge on any atom is 0.246 e. The highest BCUT2D eigenvalue weighted by molar-refractivity contribution is 7.89. The second-order valence-corrected chi connectivity index (χ2v) is 5.32. The van der Waals surface area contributed by atoms with E-state index in [9.17, 15) is 21.6 Å². The molecule has 0 unspecified atom stereocenters. The van der Waals surface area contributed by atoms with E-state index >= 15 is 0 Å². The highest BCUT2D eigenvalue weighted by Crippen LogP contribution is 2.21. The molecule has 0 saturated heterocycles. The SMILES string of the molecule is CCN(CCO)S(=O)(=O)c1cc(F)c(F)cc1F. The first-order valence-corrected chi connectivity index (χ1v) is 6.54. The van der Waals surface area contributed by atoms with Crippen LogP contribution in [0.2, 0.25) is 0 Å². The minimum absolute atomic E-state index is 0.0265. The van der Waals surface area contributed by atoms with Gasteiger partial charge in [0.2, 0.25) is 10.0 Å². The average Bonchev–Trinajstić information content (AvgIpc) is 2.30. The van der Waals surface area contributed by atoms with Crippen molar-refractivity contribution in [1.29, 1.82) is 0 Å². The predicted octanol–water partition coefficient (Wildman–Crippen LogP) is 1.11. The molecule has 0 heterocycles. The summed E-state index contributed by atoms with van der Waals surface area (Å²) >= 11 is 0. The van der Waals surface area contributed by atoms with E-state index in [-0.39, 0.29) is 19.2 Å². The van der Waals surface area contributed by atoms with Gasteiger partial charge in [-0.25, -0.2) is 21.6 Å². The first-order chi connectivity index (χ1) is 8.34. The number of nitrogens with zero attached hydrogens (tertiary/aromatic N) is 1. The molecule has 1 rings (SSSR count). The van der Waals surface area contributed by atoms with Crippen molar-refractivity contribution in [3.63, 3.8) is 0 Å². The van der Waals surface area contributed by atoms with Gasteiger partial charge < -0.3 is 5.11 Å². The molecule has 0 aromatic heterocycles. The maximum absolute atomic E-state index is 13.4. The highest BCUT2D eigenvalue weighted by atomic mass is 32.2. The van der Waals surface area contributed by atoms with Gasteiger partial charge in [-0.3, -0.25) is 0 Å². The third kappa shape index (κ3) is 2.82. The molecule has 18 heavy (non-hydrogen) atoms. The van der Waals surface area contributed by atoms with E-state index in [1.54, 1.807) is 0 Å². The molecule has 102 valence electrons. The Morgan fingerprint density at radius 3 is 2.22 bits per heavy atom. The summed E-state index contributed by atoms with van der Waals surface area (Å²) in [5, 5.41) is 8.71. The molecule has 4 nitrogen and oxygen atoms in total. The van der Waals surface area contributed by atoms with Crippen LogP contribution in [0.3, 0.4) is 0 Å². The van der Waals surface area contributed by atoms with Crippen molar-refractivity contribution in [2.24, 2.45) is 0 Å². The van der Waals surface area contributed by atoms with Gasteiger partial charge in [0, 0.05) is 19.2 Å². The molecule has 0 aliphatic heterocycles. The summed E-state index contributed by atoms with van der Waals surface area (Å²) in [5.74, 6) is -4.28. The van der Waals surface area contributed by atoms with Crippen molar-refractivity contribution in [1.82, 2.24) is 4.31 Å². The first kappa shape index (κ1) is 14.9. The van der Waals surface area contributed by atoms with Gasteiger partial charge in [0.15, 0.2) is 11.6 Å². The van der Waals surface area contributed by atoms with Crippen LogP contribution in [0.1, 0.15) is 6.92 Å². The fourth-order valence-electron chi connectivity index (χ4n) is 1.40. The second-order valence-electron chi connectivity index (χ2n) is 3.42. The van der Waals surface area contributed by atoms with E-state index in [2.05, 4.69) is 0 Å². The van der Waals surface area contributed by atoms with Crippen LogP contribution < -0.4 is 0 Å². The van der Waals surface area contributed by atoms with E-state index in [1.807, 2.05) is 0 Å². The van der Waals surface area contributed by atoms with Gasteiger partial charge in [-0.15, -0.1) is 0 Å². The van der Waals surface area contributed by atoms with Crippen LogP contribution in [0.4, 0.5) is 13.2 Å². The van der Waals surface area contributed by atoms with Crippen molar-refractivity contribution in [3.8, 4) is 0 Å². The molecule has 0 aliphatic rings. The van der Waals surface area contributed by atoms with Crippen LogP contribution in [0.5, 0.6) is 0 Å². The van der Waals surface area contributed by atoms with Crippen molar-refractivity contribution in [2.45, 2.75) is 11.8 Å². The highest BCUT2D eigenvalue weighted by Gasteiger charge is 2.27. The van der Waals surface area contributed by atoms with E-state index in [0.717, 1.165) is 4.31 Å². The molecule has 8 heteroatoms. The molecule has 0 bridgehead atoms. The van der Waals surface area contributed by atoms with Crippen LogP contribution >= 0.6 is 0 Å². The van der Waals surface area contributed by atoms with Crippen LogP contribution in [0, 0.1) is 17.5 Å². The topological polar surface area (TPSA) is 57.6 Å². The fourth-order valence-corrected chi connectivity index (χ4v) is 2.90. The molecule has 0 spiro atoms. The Kier molecular flexibility index (Phi) is 4.71.